The van der Waals surface area contributed by atoms with E-state index in [1.54, 1.807) is 30.7 Å². The van der Waals surface area contributed by atoms with Crippen LogP contribution < -0.4 is 0 Å². The van der Waals surface area contributed by atoms with Crippen LogP contribution in [0.25, 0.3) is 0 Å². The molecule has 0 spiro atoms. The minimum absolute atomic E-state index is 0.304. The number of tetrazole rings is 1. The molecule has 1 heterocycles. The number of rotatable bonds is 6. The molecule has 17 heavy (non-hydrogen) atoms. The van der Waals surface area contributed by atoms with E-state index in [0.29, 0.717) is 11.8 Å². The number of hydrogen-bond donors (Lipinski definition) is 0. The topological polar surface area (TPSA) is 62.1 Å². The van der Waals surface area contributed by atoms with Crippen molar-refractivity contribution in [2.24, 2.45) is 0 Å². The van der Waals surface area contributed by atoms with E-state index in [4.69, 9.17) is 9.47 Å². The first-order valence-corrected chi connectivity index (χ1v) is 6.70. The Morgan fingerprint density at radius 2 is 2.06 bits per heavy atom. The Balaban J connectivity index is 1.95. The molecule has 0 bridgehead atoms. The molecule has 1 saturated carbocycles. The monoisotopic (exact) mass is 258 g/mol. The number of nitrogens with zero attached hydrogens (tertiary/aromatic N) is 4. The summed E-state index contributed by atoms with van der Waals surface area (Å²) in [6.07, 6.45) is 4.85. The molecule has 0 saturated heterocycles. The van der Waals surface area contributed by atoms with Crippen LogP contribution >= 0.6 is 11.8 Å². The lowest BCUT2D eigenvalue weighted by Gasteiger charge is -2.14. The first-order valence-electron chi connectivity index (χ1n) is 5.82. The van der Waals surface area contributed by atoms with E-state index in [1.165, 1.54) is 25.7 Å². The highest BCUT2D eigenvalue weighted by Crippen LogP contribution is 2.33. The summed E-state index contributed by atoms with van der Waals surface area (Å²) < 4.78 is 12.1. The number of ether oxygens (including phenoxy) is 2. The summed E-state index contributed by atoms with van der Waals surface area (Å²) >= 11 is 1.76. The fraction of sp³-hybridized carbons (Fsp3) is 0.900. The van der Waals surface area contributed by atoms with Gasteiger partial charge in [0.15, 0.2) is 6.29 Å². The van der Waals surface area contributed by atoms with Crippen LogP contribution in [0.3, 0.4) is 0 Å². The van der Waals surface area contributed by atoms with Gasteiger partial charge in [0, 0.05) is 19.5 Å². The first kappa shape index (κ1) is 12.8. The highest BCUT2D eigenvalue weighted by atomic mass is 32.2. The zero-order valence-corrected chi connectivity index (χ0v) is 11.0. The van der Waals surface area contributed by atoms with E-state index in [1.807, 2.05) is 0 Å². The Hall–Kier alpha value is -0.660. The zero-order valence-electron chi connectivity index (χ0n) is 10.2. The molecule has 1 aliphatic rings. The number of aromatic nitrogens is 4. The van der Waals surface area contributed by atoms with Crippen molar-refractivity contribution in [2.45, 2.75) is 48.9 Å². The molecule has 0 atom stereocenters. The third-order valence-corrected chi connectivity index (χ3v) is 4.23. The summed E-state index contributed by atoms with van der Waals surface area (Å²) in [7, 11) is 3.23. The smallest absolute Gasteiger partial charge is 0.209 e. The highest BCUT2D eigenvalue weighted by molar-refractivity contribution is 7.99. The highest BCUT2D eigenvalue weighted by Gasteiger charge is 2.20. The van der Waals surface area contributed by atoms with Crippen LogP contribution in [0, 0.1) is 0 Å². The molecule has 0 amide bonds. The third-order valence-electron chi connectivity index (χ3n) is 2.92. The van der Waals surface area contributed by atoms with Crippen LogP contribution in [-0.4, -0.2) is 46.0 Å². The molecule has 0 N–H and O–H groups in total. The minimum atomic E-state index is -0.304. The number of methoxy groups -OCH3 is 2. The Labute approximate surface area is 105 Å². The lowest BCUT2D eigenvalue weighted by atomic mass is 10.4. The molecule has 0 radical (unpaired) electrons. The van der Waals surface area contributed by atoms with Crippen LogP contribution in [0.4, 0.5) is 0 Å². The fourth-order valence-electron chi connectivity index (χ4n) is 1.94. The van der Waals surface area contributed by atoms with E-state index in [9.17, 15) is 0 Å². The summed E-state index contributed by atoms with van der Waals surface area (Å²) in [5.41, 5.74) is 0. The SMILES string of the molecule is COC(Cn1nnnc1SC1CCCC1)OC. The van der Waals surface area contributed by atoms with Gasteiger partial charge < -0.3 is 9.47 Å². The lowest BCUT2D eigenvalue weighted by molar-refractivity contribution is -0.113. The first-order chi connectivity index (χ1) is 8.33. The van der Waals surface area contributed by atoms with E-state index >= 15 is 0 Å². The minimum Gasteiger partial charge on any atom is -0.354 e. The van der Waals surface area contributed by atoms with Crippen molar-refractivity contribution in [1.29, 1.82) is 0 Å². The van der Waals surface area contributed by atoms with Gasteiger partial charge in [0.1, 0.15) is 0 Å². The van der Waals surface area contributed by atoms with Gasteiger partial charge in [-0.2, -0.15) is 0 Å². The third kappa shape index (κ3) is 3.40. The average molecular weight is 258 g/mol. The molecule has 96 valence electrons. The second-order valence-corrected chi connectivity index (χ2v) is 5.34. The molecule has 2 rings (SSSR count). The molecule has 0 aliphatic heterocycles. The second-order valence-electron chi connectivity index (χ2n) is 4.07. The maximum atomic E-state index is 5.15. The molecule has 1 fully saturated rings. The van der Waals surface area contributed by atoms with Crippen LogP contribution in [0.5, 0.6) is 0 Å². The molecular weight excluding hydrogens is 240 g/mol. The van der Waals surface area contributed by atoms with Crippen LogP contribution in [0.15, 0.2) is 5.16 Å². The van der Waals surface area contributed by atoms with E-state index < -0.39 is 0 Å². The van der Waals surface area contributed by atoms with Gasteiger partial charge in [-0.3, -0.25) is 0 Å². The molecule has 1 aromatic rings. The van der Waals surface area contributed by atoms with Crippen molar-refractivity contribution in [2.75, 3.05) is 14.2 Å². The maximum absolute atomic E-state index is 5.15. The molecule has 0 unspecified atom stereocenters. The van der Waals surface area contributed by atoms with Gasteiger partial charge in [0.2, 0.25) is 5.16 Å². The van der Waals surface area contributed by atoms with Crippen molar-refractivity contribution in [3.63, 3.8) is 0 Å². The quantitative estimate of drug-likeness (QED) is 0.717. The summed E-state index contributed by atoms with van der Waals surface area (Å²) in [4.78, 5) is 0. The summed E-state index contributed by atoms with van der Waals surface area (Å²) in [6, 6.07) is 0. The van der Waals surface area contributed by atoms with Crippen molar-refractivity contribution >= 4 is 11.8 Å². The molecule has 1 aliphatic carbocycles. The Morgan fingerprint density at radius 1 is 1.35 bits per heavy atom. The van der Waals surface area contributed by atoms with Gasteiger partial charge in [0.05, 0.1) is 6.54 Å². The van der Waals surface area contributed by atoms with Crippen molar-refractivity contribution in [1.82, 2.24) is 20.2 Å². The van der Waals surface area contributed by atoms with Gasteiger partial charge in [-0.1, -0.05) is 24.6 Å². The van der Waals surface area contributed by atoms with Crippen LogP contribution in [-0.2, 0) is 16.0 Å². The van der Waals surface area contributed by atoms with E-state index in [2.05, 4.69) is 15.5 Å². The predicted octanol–water partition coefficient (Wildman–Crippen LogP) is 1.33. The number of thioether (sulfide) groups is 1. The fourth-order valence-corrected chi connectivity index (χ4v) is 3.12. The number of hydrogen-bond acceptors (Lipinski definition) is 6. The molecule has 1 aromatic heterocycles. The van der Waals surface area contributed by atoms with Gasteiger partial charge in [-0.25, -0.2) is 4.68 Å². The largest absolute Gasteiger partial charge is 0.354 e. The Kier molecular flexibility index (Phi) is 4.75. The Bertz CT molecular complexity index is 318. The van der Waals surface area contributed by atoms with Gasteiger partial charge in [-0.15, -0.1) is 5.10 Å². The van der Waals surface area contributed by atoms with Crippen LogP contribution in [0.2, 0.25) is 0 Å². The maximum Gasteiger partial charge on any atom is 0.209 e. The molecule has 0 aromatic carbocycles. The van der Waals surface area contributed by atoms with E-state index in [0.717, 1.165) is 5.16 Å². The molecular formula is C10H18N4O2S. The van der Waals surface area contributed by atoms with E-state index in [-0.39, 0.29) is 6.29 Å². The summed E-state index contributed by atoms with van der Waals surface area (Å²) in [5, 5.41) is 13.3. The summed E-state index contributed by atoms with van der Waals surface area (Å²) in [5.74, 6) is 0. The van der Waals surface area contributed by atoms with Crippen molar-refractivity contribution in [3.05, 3.63) is 0 Å². The van der Waals surface area contributed by atoms with Gasteiger partial charge >= 0.3 is 0 Å². The molecule has 7 heteroatoms. The predicted molar refractivity (Wildman–Crippen MR) is 63.7 cm³/mol. The van der Waals surface area contributed by atoms with Crippen LogP contribution in [0.1, 0.15) is 25.7 Å². The lowest BCUT2D eigenvalue weighted by Crippen LogP contribution is -2.22. The van der Waals surface area contributed by atoms with Gasteiger partial charge in [0.25, 0.3) is 0 Å². The van der Waals surface area contributed by atoms with Crippen molar-refractivity contribution < 1.29 is 9.47 Å². The summed E-state index contributed by atoms with van der Waals surface area (Å²) in [6.45, 7) is 0.523. The second kappa shape index (κ2) is 6.32. The normalized spacial score (nSPS) is 17.1. The standard InChI is InChI=1S/C10H18N4O2S/c1-15-9(16-2)7-14-10(11-12-13-14)17-8-5-3-4-6-8/h8-9H,3-7H2,1-2H3. The average Bonchev–Trinajstić information content (AvgIpc) is 2.99. The van der Waals surface area contributed by atoms with Crippen molar-refractivity contribution in [3.8, 4) is 0 Å². The van der Waals surface area contributed by atoms with Gasteiger partial charge in [-0.05, 0) is 23.3 Å². The zero-order chi connectivity index (χ0) is 12.1. The molecule has 6 nitrogen and oxygen atoms in total. The Morgan fingerprint density at radius 3 is 2.71 bits per heavy atom.